The molecule has 1 aliphatic rings. The maximum Gasteiger partial charge on any atom is 0.275 e. The number of benzene rings is 1. The molecule has 1 amide bonds. The lowest BCUT2D eigenvalue weighted by Crippen LogP contribution is -2.32. The Labute approximate surface area is 136 Å². The predicted molar refractivity (Wildman–Crippen MR) is 80.5 cm³/mol. The molecule has 2 heterocycles. The Bertz CT molecular complexity index is 742. The van der Waals surface area contributed by atoms with Gasteiger partial charge < -0.3 is 9.64 Å². The van der Waals surface area contributed by atoms with Gasteiger partial charge in [-0.2, -0.15) is 0 Å². The fraction of sp³-hybridized carbons (Fsp3) is 0.250. The number of likely N-dealkylation sites (tertiary alicyclic amines) is 1. The van der Waals surface area contributed by atoms with Crippen molar-refractivity contribution >= 4 is 17.5 Å². The molecule has 1 aliphatic heterocycles. The zero-order valence-corrected chi connectivity index (χ0v) is 12.8. The molecule has 7 heteroatoms. The zero-order chi connectivity index (χ0) is 16.4. The first kappa shape index (κ1) is 15.7. The van der Waals surface area contributed by atoms with Crippen LogP contribution in [0, 0.1) is 11.6 Å². The second kappa shape index (κ2) is 6.50. The summed E-state index contributed by atoms with van der Waals surface area (Å²) in [5, 5.41) is 0.561. The second-order valence-corrected chi connectivity index (χ2v) is 5.66. The molecular weight excluding hydrogens is 326 g/mol. The van der Waals surface area contributed by atoms with Gasteiger partial charge in [0.15, 0.2) is 11.5 Å². The average molecular weight is 339 g/mol. The summed E-state index contributed by atoms with van der Waals surface area (Å²) in [4.78, 5) is 17.2. The highest BCUT2D eigenvalue weighted by atomic mass is 35.5. The fourth-order valence-electron chi connectivity index (χ4n) is 2.46. The van der Waals surface area contributed by atoms with Crippen molar-refractivity contribution in [3.05, 3.63) is 58.9 Å². The molecule has 4 nitrogen and oxygen atoms in total. The minimum atomic E-state index is -0.964. The van der Waals surface area contributed by atoms with Gasteiger partial charge in [0.1, 0.15) is 17.7 Å². The van der Waals surface area contributed by atoms with Crippen molar-refractivity contribution in [3.63, 3.8) is 0 Å². The lowest BCUT2D eigenvalue weighted by Gasteiger charge is -2.17. The predicted octanol–water partition coefficient (Wildman–Crippen LogP) is 3.31. The summed E-state index contributed by atoms with van der Waals surface area (Å²) in [5.74, 6) is -1.74. The Balaban J connectivity index is 1.66. The van der Waals surface area contributed by atoms with E-state index in [1.165, 1.54) is 4.90 Å². The number of ether oxygens (including phenoxy) is 1. The second-order valence-electron chi connectivity index (χ2n) is 5.22. The highest BCUT2D eigenvalue weighted by Gasteiger charge is 2.30. The number of carbonyl (C=O) groups is 1. The third kappa shape index (κ3) is 3.59. The smallest absolute Gasteiger partial charge is 0.275 e. The van der Waals surface area contributed by atoms with Crippen LogP contribution in [0.1, 0.15) is 16.9 Å². The normalized spacial score (nSPS) is 17.3. The van der Waals surface area contributed by atoms with Crippen molar-refractivity contribution in [1.82, 2.24) is 9.88 Å². The van der Waals surface area contributed by atoms with Gasteiger partial charge in [-0.3, -0.25) is 4.79 Å². The minimum Gasteiger partial charge on any atom is -0.488 e. The first-order chi connectivity index (χ1) is 11.0. The molecule has 120 valence electrons. The van der Waals surface area contributed by atoms with Gasteiger partial charge in [0.05, 0.1) is 12.7 Å². The van der Waals surface area contributed by atoms with Crippen LogP contribution in [-0.4, -0.2) is 35.0 Å². The molecule has 2 aromatic rings. The molecule has 0 unspecified atom stereocenters. The van der Waals surface area contributed by atoms with Crippen molar-refractivity contribution in [3.8, 4) is 5.75 Å². The zero-order valence-electron chi connectivity index (χ0n) is 12.0. The van der Waals surface area contributed by atoms with E-state index >= 15 is 0 Å². The maximum absolute atomic E-state index is 13.6. The number of nitrogens with zero attached hydrogens (tertiary/aromatic N) is 2. The summed E-state index contributed by atoms with van der Waals surface area (Å²) in [6, 6.07) is 7.62. The summed E-state index contributed by atoms with van der Waals surface area (Å²) in [5.41, 5.74) is -0.380. The SMILES string of the molecule is O=C(c1ncc(F)cc1F)N1CC[C@@H](Oc2cccc(Cl)c2)C1. The fourth-order valence-corrected chi connectivity index (χ4v) is 2.64. The lowest BCUT2D eigenvalue weighted by atomic mass is 10.3. The maximum atomic E-state index is 13.6. The molecule has 1 aromatic heterocycles. The van der Waals surface area contributed by atoms with Crippen LogP contribution in [0.2, 0.25) is 5.02 Å². The summed E-state index contributed by atoms with van der Waals surface area (Å²) in [6.07, 6.45) is 1.23. The van der Waals surface area contributed by atoms with E-state index in [-0.39, 0.29) is 11.8 Å². The van der Waals surface area contributed by atoms with Crippen LogP contribution in [0.3, 0.4) is 0 Å². The van der Waals surface area contributed by atoms with Crippen LogP contribution in [0.15, 0.2) is 36.5 Å². The van der Waals surface area contributed by atoms with E-state index < -0.39 is 17.5 Å². The number of rotatable bonds is 3. The number of halogens is 3. The quantitative estimate of drug-likeness (QED) is 0.862. The minimum absolute atomic E-state index is 0.207. The molecule has 0 N–H and O–H groups in total. The van der Waals surface area contributed by atoms with E-state index in [1.807, 2.05) is 0 Å². The van der Waals surface area contributed by atoms with E-state index in [2.05, 4.69) is 4.98 Å². The van der Waals surface area contributed by atoms with Gasteiger partial charge in [0, 0.05) is 24.1 Å². The van der Waals surface area contributed by atoms with E-state index in [0.717, 1.165) is 6.20 Å². The molecule has 0 spiro atoms. The van der Waals surface area contributed by atoms with Gasteiger partial charge >= 0.3 is 0 Å². The molecule has 1 atom stereocenters. The summed E-state index contributed by atoms with van der Waals surface area (Å²) < 4.78 is 32.3. The number of amides is 1. The standard InChI is InChI=1S/C16H13ClF2N2O2/c17-10-2-1-3-12(6-10)23-13-4-5-21(9-13)16(22)15-14(19)7-11(18)8-20-15/h1-3,6-8,13H,4-5,9H2/t13-/m1/s1. The third-order valence-electron chi connectivity index (χ3n) is 3.54. The summed E-state index contributed by atoms with van der Waals surface area (Å²) in [7, 11) is 0. The summed E-state index contributed by atoms with van der Waals surface area (Å²) in [6.45, 7) is 0.729. The van der Waals surface area contributed by atoms with Crippen LogP contribution < -0.4 is 4.74 Å². The number of hydrogen-bond donors (Lipinski definition) is 0. The van der Waals surface area contributed by atoms with E-state index in [4.69, 9.17) is 16.3 Å². The first-order valence-corrected chi connectivity index (χ1v) is 7.43. The van der Waals surface area contributed by atoms with Crippen LogP contribution in [0.5, 0.6) is 5.75 Å². The van der Waals surface area contributed by atoms with Crippen LogP contribution >= 0.6 is 11.6 Å². The van der Waals surface area contributed by atoms with Gasteiger partial charge in [-0.15, -0.1) is 0 Å². The number of hydrogen-bond acceptors (Lipinski definition) is 3. The van der Waals surface area contributed by atoms with E-state index in [0.29, 0.717) is 36.3 Å². The molecule has 3 rings (SSSR count). The number of pyridine rings is 1. The van der Waals surface area contributed by atoms with Crippen LogP contribution in [-0.2, 0) is 0 Å². The molecule has 23 heavy (non-hydrogen) atoms. The van der Waals surface area contributed by atoms with Gasteiger partial charge in [0.2, 0.25) is 0 Å². The van der Waals surface area contributed by atoms with Crippen molar-refractivity contribution in [2.45, 2.75) is 12.5 Å². The van der Waals surface area contributed by atoms with Crippen molar-refractivity contribution in [2.24, 2.45) is 0 Å². The largest absolute Gasteiger partial charge is 0.488 e. The molecule has 0 bridgehead atoms. The third-order valence-corrected chi connectivity index (χ3v) is 3.78. The summed E-state index contributed by atoms with van der Waals surface area (Å²) >= 11 is 5.89. The Hall–Kier alpha value is -2.21. The molecule has 0 saturated carbocycles. The molecular formula is C16H13ClF2N2O2. The van der Waals surface area contributed by atoms with Gasteiger partial charge in [-0.1, -0.05) is 17.7 Å². The van der Waals surface area contributed by atoms with Crippen molar-refractivity contribution in [1.29, 1.82) is 0 Å². The van der Waals surface area contributed by atoms with Gasteiger partial charge in [-0.05, 0) is 18.2 Å². The van der Waals surface area contributed by atoms with Crippen LogP contribution in [0.25, 0.3) is 0 Å². The van der Waals surface area contributed by atoms with E-state index in [9.17, 15) is 13.6 Å². The highest BCUT2D eigenvalue weighted by molar-refractivity contribution is 6.30. The monoisotopic (exact) mass is 338 g/mol. The Morgan fingerprint density at radius 1 is 1.35 bits per heavy atom. The van der Waals surface area contributed by atoms with Crippen LogP contribution in [0.4, 0.5) is 8.78 Å². The molecule has 1 fully saturated rings. The average Bonchev–Trinajstić information content (AvgIpc) is 2.95. The van der Waals surface area contributed by atoms with E-state index in [1.54, 1.807) is 24.3 Å². The molecule has 1 saturated heterocycles. The number of carbonyl (C=O) groups excluding carboxylic acids is 1. The Morgan fingerprint density at radius 2 is 2.17 bits per heavy atom. The van der Waals surface area contributed by atoms with Gasteiger partial charge in [0.25, 0.3) is 5.91 Å². The van der Waals surface area contributed by atoms with Crippen molar-refractivity contribution < 1.29 is 18.3 Å². The molecule has 0 radical (unpaired) electrons. The number of aromatic nitrogens is 1. The van der Waals surface area contributed by atoms with Gasteiger partial charge in [-0.25, -0.2) is 13.8 Å². The molecule has 0 aliphatic carbocycles. The van der Waals surface area contributed by atoms with Crippen molar-refractivity contribution in [2.75, 3.05) is 13.1 Å². The topological polar surface area (TPSA) is 42.4 Å². The highest BCUT2D eigenvalue weighted by Crippen LogP contribution is 2.22. The first-order valence-electron chi connectivity index (χ1n) is 7.05. The lowest BCUT2D eigenvalue weighted by molar-refractivity contribution is 0.0761. The molecule has 1 aromatic carbocycles. The Morgan fingerprint density at radius 3 is 2.91 bits per heavy atom. The Kier molecular flexibility index (Phi) is 4.43.